The summed E-state index contributed by atoms with van der Waals surface area (Å²) in [7, 11) is 0. The van der Waals surface area contributed by atoms with Gasteiger partial charge in [0.1, 0.15) is 5.60 Å². The number of nitrogens with one attached hydrogen (secondary N) is 1. The van der Waals surface area contributed by atoms with E-state index in [0.717, 1.165) is 9.26 Å². The van der Waals surface area contributed by atoms with Crippen molar-refractivity contribution in [3.63, 3.8) is 0 Å². The first-order chi connectivity index (χ1) is 11.6. The summed E-state index contributed by atoms with van der Waals surface area (Å²) >= 11 is 2.22. The van der Waals surface area contributed by atoms with Gasteiger partial charge in [0.05, 0.1) is 6.54 Å². The number of ether oxygens (including phenoxy) is 1. The lowest BCUT2D eigenvalue weighted by Crippen LogP contribution is -2.56. The van der Waals surface area contributed by atoms with E-state index < -0.39 is 5.60 Å². The van der Waals surface area contributed by atoms with Gasteiger partial charge in [-0.25, -0.2) is 4.79 Å². The maximum absolute atomic E-state index is 12.2. The van der Waals surface area contributed by atoms with E-state index in [2.05, 4.69) is 32.8 Å². The number of carbonyl (C=O) groups is 2. The van der Waals surface area contributed by atoms with Gasteiger partial charge in [0, 0.05) is 34.9 Å². The number of halogens is 1. The van der Waals surface area contributed by atoms with Crippen LogP contribution in [-0.4, -0.2) is 59.6 Å². The molecule has 1 fully saturated rings. The van der Waals surface area contributed by atoms with Crippen LogP contribution in [0.15, 0.2) is 24.3 Å². The van der Waals surface area contributed by atoms with Crippen LogP contribution in [0.5, 0.6) is 0 Å². The van der Waals surface area contributed by atoms with Crippen molar-refractivity contribution in [1.29, 1.82) is 0 Å². The zero-order valence-electron chi connectivity index (χ0n) is 15.2. The molecule has 0 unspecified atom stereocenters. The van der Waals surface area contributed by atoms with Crippen LogP contribution in [0.3, 0.4) is 0 Å². The predicted octanol–water partition coefficient (Wildman–Crippen LogP) is 3.17. The Kier molecular flexibility index (Phi) is 6.67. The van der Waals surface area contributed by atoms with Crippen molar-refractivity contribution in [2.45, 2.75) is 39.3 Å². The summed E-state index contributed by atoms with van der Waals surface area (Å²) in [4.78, 5) is 28.3. The smallest absolute Gasteiger partial charge is 0.410 e. The molecule has 7 heteroatoms. The number of hydrogen-bond acceptors (Lipinski definition) is 4. The van der Waals surface area contributed by atoms with E-state index in [1.807, 2.05) is 52.0 Å². The highest BCUT2D eigenvalue weighted by atomic mass is 127. The van der Waals surface area contributed by atoms with Gasteiger partial charge in [-0.1, -0.05) is 6.07 Å². The van der Waals surface area contributed by atoms with Crippen molar-refractivity contribution < 1.29 is 14.3 Å². The molecule has 1 aromatic rings. The van der Waals surface area contributed by atoms with E-state index in [-0.39, 0.29) is 18.0 Å². The first-order valence-electron chi connectivity index (χ1n) is 8.41. The minimum atomic E-state index is -0.499. The number of nitrogens with zero attached hydrogens (tertiary/aromatic N) is 2. The topological polar surface area (TPSA) is 61.9 Å². The molecule has 2 amide bonds. The predicted molar refractivity (Wildman–Crippen MR) is 107 cm³/mol. The number of amides is 2. The summed E-state index contributed by atoms with van der Waals surface area (Å²) in [6.07, 6.45) is -0.289. The minimum Gasteiger partial charge on any atom is -0.444 e. The van der Waals surface area contributed by atoms with Crippen LogP contribution >= 0.6 is 22.6 Å². The quantitative estimate of drug-likeness (QED) is 0.706. The van der Waals surface area contributed by atoms with E-state index in [1.54, 1.807) is 4.90 Å². The molecule has 2 rings (SSSR count). The lowest BCUT2D eigenvalue weighted by Gasteiger charge is -2.39. The summed E-state index contributed by atoms with van der Waals surface area (Å²) in [5.74, 6) is -0.0417. The monoisotopic (exact) mass is 459 g/mol. The highest BCUT2D eigenvalue weighted by Gasteiger charge is 2.31. The van der Waals surface area contributed by atoms with E-state index in [0.29, 0.717) is 26.2 Å². The fraction of sp³-hybridized carbons (Fsp3) is 0.556. The maximum Gasteiger partial charge on any atom is 0.410 e. The maximum atomic E-state index is 12.2. The van der Waals surface area contributed by atoms with Crippen LogP contribution in [0.2, 0.25) is 0 Å². The average Bonchev–Trinajstić information content (AvgIpc) is 2.45. The number of carbonyl (C=O) groups excluding carboxylic acids is 2. The van der Waals surface area contributed by atoms with Gasteiger partial charge < -0.3 is 15.0 Å². The lowest BCUT2D eigenvalue weighted by molar-refractivity contribution is -0.117. The fourth-order valence-electron chi connectivity index (χ4n) is 2.74. The molecule has 1 heterocycles. The summed E-state index contributed by atoms with van der Waals surface area (Å²) in [6.45, 7) is 9.75. The standard InChI is InChI=1S/C18H26IN3O3/c1-13-11-21(8-9-22(13)17(24)25-18(2,3)4)12-16(23)20-15-7-5-6-14(19)10-15/h5-7,10,13H,8-9,11-12H2,1-4H3,(H,20,23)/t13-/m0/s1. The Bertz CT molecular complexity index is 630. The molecule has 25 heavy (non-hydrogen) atoms. The summed E-state index contributed by atoms with van der Waals surface area (Å²) < 4.78 is 6.52. The van der Waals surface area contributed by atoms with Crippen molar-refractivity contribution in [1.82, 2.24) is 9.80 Å². The summed E-state index contributed by atoms with van der Waals surface area (Å²) in [5.41, 5.74) is 0.304. The van der Waals surface area contributed by atoms with Crippen LogP contribution in [0, 0.1) is 3.57 Å². The third-order valence-electron chi connectivity index (χ3n) is 3.82. The lowest BCUT2D eigenvalue weighted by atomic mass is 10.2. The normalized spacial score (nSPS) is 18.8. The first-order valence-corrected chi connectivity index (χ1v) is 9.49. The van der Waals surface area contributed by atoms with Crippen LogP contribution in [0.1, 0.15) is 27.7 Å². The molecule has 1 aromatic carbocycles. The van der Waals surface area contributed by atoms with Crippen molar-refractivity contribution in [3.8, 4) is 0 Å². The van der Waals surface area contributed by atoms with Crippen molar-refractivity contribution >= 4 is 40.3 Å². The molecule has 0 aliphatic carbocycles. The van der Waals surface area contributed by atoms with Crippen LogP contribution in [-0.2, 0) is 9.53 Å². The third-order valence-corrected chi connectivity index (χ3v) is 4.49. The largest absolute Gasteiger partial charge is 0.444 e. The third kappa shape index (κ3) is 6.47. The molecule has 0 saturated carbocycles. The molecule has 0 aromatic heterocycles. The molecular weight excluding hydrogens is 433 g/mol. The number of piperazine rings is 1. The molecule has 1 N–H and O–H groups in total. The molecule has 1 atom stereocenters. The molecule has 0 spiro atoms. The van der Waals surface area contributed by atoms with Crippen LogP contribution in [0.25, 0.3) is 0 Å². The van der Waals surface area contributed by atoms with Crippen molar-refractivity contribution in [2.24, 2.45) is 0 Å². The van der Waals surface area contributed by atoms with Gasteiger partial charge in [0.25, 0.3) is 0 Å². The molecular formula is C18H26IN3O3. The SMILES string of the molecule is C[C@H]1CN(CC(=O)Nc2cccc(I)c2)CCN1C(=O)OC(C)(C)C. The second-order valence-corrected chi connectivity index (χ2v) is 8.56. The summed E-state index contributed by atoms with van der Waals surface area (Å²) in [5, 5.41) is 2.92. The molecule has 1 aliphatic rings. The van der Waals surface area contributed by atoms with E-state index >= 15 is 0 Å². The van der Waals surface area contributed by atoms with Crippen LogP contribution < -0.4 is 5.32 Å². The van der Waals surface area contributed by atoms with Gasteiger partial charge >= 0.3 is 6.09 Å². The molecule has 1 aliphatic heterocycles. The minimum absolute atomic E-state index is 0.00840. The van der Waals surface area contributed by atoms with Gasteiger partial charge in [-0.2, -0.15) is 0 Å². The van der Waals surface area contributed by atoms with Gasteiger partial charge in [0.2, 0.25) is 5.91 Å². The number of rotatable bonds is 3. The zero-order valence-corrected chi connectivity index (χ0v) is 17.4. The van der Waals surface area contributed by atoms with Crippen molar-refractivity contribution in [3.05, 3.63) is 27.8 Å². The Morgan fingerprint density at radius 2 is 2.04 bits per heavy atom. The van der Waals surface area contributed by atoms with Crippen LogP contribution in [0.4, 0.5) is 10.5 Å². The van der Waals surface area contributed by atoms with Gasteiger partial charge in [-0.15, -0.1) is 0 Å². The van der Waals surface area contributed by atoms with Crippen molar-refractivity contribution in [2.75, 3.05) is 31.5 Å². The average molecular weight is 459 g/mol. The molecule has 0 radical (unpaired) electrons. The Hall–Kier alpha value is -1.35. The molecule has 138 valence electrons. The number of benzene rings is 1. The molecule has 6 nitrogen and oxygen atoms in total. The first kappa shape index (κ1) is 20.0. The Morgan fingerprint density at radius 1 is 1.32 bits per heavy atom. The molecule has 1 saturated heterocycles. The molecule has 0 bridgehead atoms. The summed E-state index contributed by atoms with van der Waals surface area (Å²) in [6, 6.07) is 7.71. The zero-order chi connectivity index (χ0) is 18.6. The van der Waals surface area contributed by atoms with E-state index in [1.165, 1.54) is 0 Å². The highest BCUT2D eigenvalue weighted by Crippen LogP contribution is 2.16. The Morgan fingerprint density at radius 3 is 2.64 bits per heavy atom. The highest BCUT2D eigenvalue weighted by molar-refractivity contribution is 14.1. The van der Waals surface area contributed by atoms with E-state index in [9.17, 15) is 9.59 Å². The second-order valence-electron chi connectivity index (χ2n) is 7.32. The van der Waals surface area contributed by atoms with Gasteiger partial charge in [0.15, 0.2) is 0 Å². The number of hydrogen-bond donors (Lipinski definition) is 1. The second kappa shape index (κ2) is 8.35. The van der Waals surface area contributed by atoms with E-state index in [4.69, 9.17) is 4.74 Å². The Balaban J connectivity index is 1.84. The fourth-order valence-corrected chi connectivity index (χ4v) is 3.28. The Labute approximate surface area is 163 Å². The van der Waals surface area contributed by atoms with Gasteiger partial charge in [-0.05, 0) is 68.5 Å². The van der Waals surface area contributed by atoms with Gasteiger partial charge in [-0.3, -0.25) is 9.69 Å². The number of anilines is 1.